The van der Waals surface area contributed by atoms with Gasteiger partial charge in [0.1, 0.15) is 6.10 Å². The highest BCUT2D eigenvalue weighted by atomic mass is 16.5. The van der Waals surface area contributed by atoms with Crippen LogP contribution >= 0.6 is 0 Å². The molecule has 0 aliphatic heterocycles. The van der Waals surface area contributed by atoms with Gasteiger partial charge in [-0.05, 0) is 141 Å². The second-order valence-corrected chi connectivity index (χ2v) is 18.0. The summed E-state index contributed by atoms with van der Waals surface area (Å²) in [6, 6.07) is 4.72. The molecular formula is C39H60O6. The molecule has 1 unspecified atom stereocenters. The van der Waals surface area contributed by atoms with Crippen molar-refractivity contribution in [2.75, 3.05) is 6.61 Å². The fraction of sp³-hybridized carbons (Fsp3) is 0.821. The summed E-state index contributed by atoms with van der Waals surface area (Å²) in [5.41, 5.74) is 0.997. The number of hydrogen-bond acceptors (Lipinski definition) is 6. The maximum atomic E-state index is 13.1. The lowest BCUT2D eigenvalue weighted by Gasteiger charge is -2.64. The Morgan fingerprint density at radius 3 is 2.24 bits per heavy atom. The van der Waals surface area contributed by atoms with E-state index in [0.29, 0.717) is 35.5 Å². The van der Waals surface area contributed by atoms with Crippen molar-refractivity contribution in [2.24, 2.45) is 56.7 Å². The molecule has 6 heteroatoms. The summed E-state index contributed by atoms with van der Waals surface area (Å²) in [7, 11) is 0. The first-order valence-corrected chi connectivity index (χ1v) is 18.1. The third-order valence-corrected chi connectivity index (χ3v) is 15.4. The summed E-state index contributed by atoms with van der Waals surface area (Å²) in [5, 5.41) is 41.0. The van der Waals surface area contributed by atoms with Crippen molar-refractivity contribution >= 4 is 5.97 Å². The Hall–Kier alpha value is -1.79. The Bertz CT molecular complexity index is 1280. The van der Waals surface area contributed by atoms with E-state index in [1.54, 1.807) is 6.07 Å². The van der Waals surface area contributed by atoms with E-state index in [1.807, 2.05) is 0 Å². The molecule has 1 aromatic rings. The van der Waals surface area contributed by atoms with Gasteiger partial charge in [-0.3, -0.25) is 4.79 Å². The lowest BCUT2D eigenvalue weighted by molar-refractivity contribution is -0.195. The number of ether oxygens (including phenoxy) is 1. The maximum absolute atomic E-state index is 13.1. The molecule has 5 aliphatic rings. The van der Waals surface area contributed by atoms with Crippen LogP contribution < -0.4 is 0 Å². The molecule has 0 spiro atoms. The second kappa shape index (κ2) is 11.4. The van der Waals surface area contributed by atoms with Crippen LogP contribution in [0.2, 0.25) is 0 Å². The van der Waals surface area contributed by atoms with E-state index in [1.165, 1.54) is 50.7 Å². The highest BCUT2D eigenvalue weighted by Crippen LogP contribution is 2.71. The summed E-state index contributed by atoms with van der Waals surface area (Å²) in [4.78, 5) is 13.1. The maximum Gasteiger partial charge on any atom is 0.306 e. The summed E-state index contributed by atoms with van der Waals surface area (Å²) in [5.74, 6) is 2.40. The van der Waals surface area contributed by atoms with Crippen LogP contribution in [-0.4, -0.2) is 45.2 Å². The lowest BCUT2D eigenvalue weighted by atomic mass is 9.41. The smallest absolute Gasteiger partial charge is 0.306 e. The van der Waals surface area contributed by atoms with Gasteiger partial charge in [0.2, 0.25) is 0 Å². The zero-order valence-electron chi connectivity index (χ0n) is 28.8. The fourth-order valence-corrected chi connectivity index (χ4v) is 13.1. The molecule has 0 saturated heterocycles. The molecule has 0 heterocycles. The first kappa shape index (κ1) is 33.1. The Morgan fingerprint density at radius 2 is 1.53 bits per heavy atom. The first-order valence-electron chi connectivity index (χ1n) is 18.1. The van der Waals surface area contributed by atoms with Crippen molar-refractivity contribution in [1.29, 1.82) is 0 Å². The van der Waals surface area contributed by atoms with Crippen LogP contribution in [0.3, 0.4) is 0 Å². The topological polar surface area (TPSA) is 107 Å². The van der Waals surface area contributed by atoms with E-state index in [4.69, 9.17) is 4.74 Å². The van der Waals surface area contributed by atoms with Gasteiger partial charge in [0.05, 0.1) is 12.7 Å². The van der Waals surface area contributed by atoms with Gasteiger partial charge >= 0.3 is 5.97 Å². The number of phenols is 2. The van der Waals surface area contributed by atoms with Crippen molar-refractivity contribution in [3.8, 4) is 11.5 Å². The van der Waals surface area contributed by atoms with E-state index < -0.39 is 11.5 Å². The molecule has 5 saturated carbocycles. The number of aliphatic hydroxyl groups is 2. The number of rotatable bonds is 5. The second-order valence-electron chi connectivity index (χ2n) is 18.0. The normalized spacial score (nSPS) is 45.6. The number of aliphatic hydroxyl groups excluding tert-OH is 2. The average molecular weight is 625 g/mol. The molecule has 5 fully saturated rings. The van der Waals surface area contributed by atoms with Crippen molar-refractivity contribution in [3.05, 3.63) is 23.8 Å². The molecule has 0 bridgehead atoms. The van der Waals surface area contributed by atoms with E-state index in [0.717, 1.165) is 43.6 Å². The molecule has 0 aromatic heterocycles. The molecular weight excluding hydrogens is 564 g/mol. The summed E-state index contributed by atoms with van der Waals surface area (Å²) in [6.45, 7) is 14.6. The van der Waals surface area contributed by atoms with Crippen LogP contribution in [0.1, 0.15) is 124 Å². The number of fused-ring (bicyclic) bond motifs is 6. The molecule has 252 valence electrons. The largest absolute Gasteiger partial charge is 0.504 e. The molecule has 6 nitrogen and oxygen atoms in total. The number of carbonyl (C=O) groups is 1. The molecule has 5 aliphatic carbocycles. The van der Waals surface area contributed by atoms with Crippen LogP contribution in [0, 0.1) is 56.7 Å². The number of carbonyl (C=O) groups excluding carboxylic acids is 1. The number of hydrogen-bond donors (Lipinski definition) is 4. The molecule has 11 atom stereocenters. The molecule has 0 radical (unpaired) electrons. The monoisotopic (exact) mass is 624 g/mol. The van der Waals surface area contributed by atoms with Gasteiger partial charge in [-0.15, -0.1) is 0 Å². The lowest BCUT2D eigenvalue weighted by Crippen LogP contribution is -2.59. The molecule has 0 amide bonds. The van der Waals surface area contributed by atoms with Gasteiger partial charge in [-0.25, -0.2) is 0 Å². The third-order valence-electron chi connectivity index (χ3n) is 15.4. The van der Waals surface area contributed by atoms with Gasteiger partial charge < -0.3 is 25.2 Å². The van der Waals surface area contributed by atoms with Gasteiger partial charge in [-0.2, -0.15) is 0 Å². The number of benzene rings is 1. The minimum absolute atomic E-state index is 0.0765. The standard InChI is InChI=1S/C39H60O6/c1-35(2)29-15-18-36(3)22-25-9-12-31-37(4,19-16-32(43)39(31,6)23-40)26(25)10-13-30(36)38(29,5)20-17-33(35)45-34(44)14-8-24-7-11-27(41)28(42)21-24/h7,11,21,25-26,29-33,40-43H,8-10,12-20,22-23H2,1-6H3/t25?,26-,29-,30-,31+,32+,33-,36-,37+,38-,39+/m0/s1. The van der Waals surface area contributed by atoms with E-state index in [2.05, 4.69) is 41.5 Å². The van der Waals surface area contributed by atoms with Gasteiger partial charge in [0, 0.05) is 17.3 Å². The first-order chi connectivity index (χ1) is 21.1. The summed E-state index contributed by atoms with van der Waals surface area (Å²) in [6.07, 6.45) is 12.7. The van der Waals surface area contributed by atoms with Crippen LogP contribution in [0.4, 0.5) is 0 Å². The predicted octanol–water partition coefficient (Wildman–Crippen LogP) is 7.79. The van der Waals surface area contributed by atoms with E-state index in [9.17, 15) is 25.2 Å². The Balaban J connectivity index is 1.17. The molecule has 45 heavy (non-hydrogen) atoms. The number of aromatic hydroxyl groups is 2. The van der Waals surface area contributed by atoms with Crippen LogP contribution in [0.15, 0.2) is 18.2 Å². The van der Waals surface area contributed by atoms with E-state index >= 15 is 0 Å². The number of esters is 1. The highest BCUT2D eigenvalue weighted by Gasteiger charge is 2.65. The molecule has 1 aromatic carbocycles. The zero-order chi connectivity index (χ0) is 32.6. The van der Waals surface area contributed by atoms with Crippen molar-refractivity contribution in [3.63, 3.8) is 0 Å². The van der Waals surface area contributed by atoms with Crippen LogP contribution in [0.5, 0.6) is 11.5 Å². The number of aryl methyl sites for hydroxylation is 1. The predicted molar refractivity (Wildman–Crippen MR) is 176 cm³/mol. The van der Waals surface area contributed by atoms with Gasteiger partial charge in [0.15, 0.2) is 11.5 Å². The average Bonchev–Trinajstić information content (AvgIpc) is 3.14. The third kappa shape index (κ3) is 5.23. The fourth-order valence-electron chi connectivity index (χ4n) is 13.1. The summed E-state index contributed by atoms with van der Waals surface area (Å²) >= 11 is 0. The van der Waals surface area contributed by atoms with Crippen LogP contribution in [0.25, 0.3) is 0 Å². The summed E-state index contributed by atoms with van der Waals surface area (Å²) < 4.78 is 6.26. The van der Waals surface area contributed by atoms with Crippen molar-refractivity contribution in [1.82, 2.24) is 0 Å². The van der Waals surface area contributed by atoms with Crippen molar-refractivity contribution in [2.45, 2.75) is 137 Å². The minimum atomic E-state index is -0.407. The van der Waals surface area contributed by atoms with Crippen LogP contribution in [-0.2, 0) is 16.0 Å². The van der Waals surface area contributed by atoms with E-state index in [-0.39, 0.29) is 52.8 Å². The highest BCUT2D eigenvalue weighted by molar-refractivity contribution is 5.70. The molecule has 4 N–H and O–H groups in total. The van der Waals surface area contributed by atoms with Gasteiger partial charge in [0.25, 0.3) is 0 Å². The molecule has 6 rings (SSSR count). The van der Waals surface area contributed by atoms with Crippen molar-refractivity contribution < 1.29 is 30.0 Å². The number of phenolic OH excluding ortho intramolecular Hbond substituents is 2. The zero-order valence-corrected chi connectivity index (χ0v) is 28.8. The Labute approximate surface area is 271 Å². The minimum Gasteiger partial charge on any atom is -0.504 e. The van der Waals surface area contributed by atoms with Gasteiger partial charge in [-0.1, -0.05) is 47.6 Å². The quantitative estimate of drug-likeness (QED) is 0.197. The Morgan fingerprint density at radius 1 is 0.822 bits per heavy atom. The Kier molecular flexibility index (Phi) is 8.41. The SMILES string of the molecule is CC1(C)[C@@H](OC(=O)CCc2ccc(O)c(O)c2)CC[C@@]2(C)[C@H]1CC[C@@]1(C)CC3CC[C@@H]4[C@](C)(CC[C@@H](O)[C@]4(C)CO)[C@H]3CC[C@@H]12.